The molecule has 0 unspecified atom stereocenters. The lowest BCUT2D eigenvalue weighted by Gasteiger charge is -2.06. The molecule has 256 valence electrons. The zero-order chi connectivity index (χ0) is 31.6. The maximum atomic E-state index is 11.9. The second kappa shape index (κ2) is 33.8. The van der Waals surface area contributed by atoms with Crippen LogP contribution in [-0.2, 0) is 19.1 Å². The molecule has 0 aromatic heterocycles. The van der Waals surface area contributed by atoms with E-state index in [0.717, 1.165) is 56.8 Å². The summed E-state index contributed by atoms with van der Waals surface area (Å²) in [6.45, 7) is 10.4. The molecular formula is C39H76O4. The molecule has 0 aliphatic rings. The Hall–Kier alpha value is -1.06. The van der Waals surface area contributed by atoms with Gasteiger partial charge in [-0.15, -0.1) is 0 Å². The van der Waals surface area contributed by atoms with Crippen molar-refractivity contribution < 1.29 is 19.1 Å². The van der Waals surface area contributed by atoms with E-state index in [2.05, 4.69) is 27.7 Å². The van der Waals surface area contributed by atoms with Crippen molar-refractivity contribution in [3.63, 3.8) is 0 Å². The van der Waals surface area contributed by atoms with E-state index in [1.807, 2.05) is 0 Å². The van der Waals surface area contributed by atoms with Crippen LogP contribution in [-0.4, -0.2) is 25.2 Å². The van der Waals surface area contributed by atoms with Gasteiger partial charge in [0.15, 0.2) is 0 Å². The molecule has 0 saturated carbocycles. The Balaban J connectivity index is 3.27. The van der Waals surface area contributed by atoms with Crippen molar-refractivity contribution in [1.82, 2.24) is 0 Å². The van der Waals surface area contributed by atoms with Gasteiger partial charge in [0.25, 0.3) is 0 Å². The predicted octanol–water partition coefficient (Wildman–Crippen LogP) is 12.7. The minimum atomic E-state index is -0.0897. The fraction of sp³-hybridized carbons (Fsp3) is 0.949. The molecule has 4 heteroatoms. The van der Waals surface area contributed by atoms with Crippen LogP contribution in [0.5, 0.6) is 0 Å². The molecule has 0 fully saturated rings. The van der Waals surface area contributed by atoms with Crippen LogP contribution in [0.2, 0.25) is 0 Å². The number of esters is 2. The lowest BCUT2D eigenvalue weighted by Crippen LogP contribution is -2.07. The van der Waals surface area contributed by atoms with E-state index in [1.165, 1.54) is 128 Å². The predicted molar refractivity (Wildman–Crippen MR) is 185 cm³/mol. The number of hydrogen-bond acceptors (Lipinski definition) is 4. The first-order chi connectivity index (χ1) is 20.9. The molecule has 0 saturated heterocycles. The molecule has 0 radical (unpaired) electrons. The minimum Gasteiger partial charge on any atom is -0.466 e. The summed E-state index contributed by atoms with van der Waals surface area (Å²) in [4.78, 5) is 23.9. The van der Waals surface area contributed by atoms with Gasteiger partial charge in [-0.1, -0.05) is 175 Å². The number of hydrogen-bond donors (Lipinski definition) is 0. The molecule has 0 bridgehead atoms. The molecule has 0 N–H and O–H groups in total. The zero-order valence-electron chi connectivity index (χ0n) is 29.7. The molecule has 0 amide bonds. The molecule has 0 aromatic rings. The zero-order valence-corrected chi connectivity index (χ0v) is 29.7. The van der Waals surface area contributed by atoms with Crippen LogP contribution in [0.3, 0.4) is 0 Å². The molecule has 0 spiro atoms. The third-order valence-electron chi connectivity index (χ3n) is 8.64. The number of carbonyl (C=O) groups excluding carboxylic acids is 2. The van der Waals surface area contributed by atoms with Crippen LogP contribution >= 0.6 is 0 Å². The van der Waals surface area contributed by atoms with E-state index in [1.54, 1.807) is 0 Å². The summed E-state index contributed by atoms with van der Waals surface area (Å²) in [7, 11) is 0. The number of ether oxygens (including phenoxy) is 2. The second-order valence-electron chi connectivity index (χ2n) is 14.1. The molecule has 0 heterocycles. The van der Waals surface area contributed by atoms with Gasteiger partial charge in [0, 0.05) is 12.8 Å². The van der Waals surface area contributed by atoms with Crippen molar-refractivity contribution in [1.29, 1.82) is 0 Å². The van der Waals surface area contributed by atoms with Crippen LogP contribution < -0.4 is 0 Å². The summed E-state index contributed by atoms with van der Waals surface area (Å²) < 4.78 is 10.8. The van der Waals surface area contributed by atoms with E-state index >= 15 is 0 Å². The van der Waals surface area contributed by atoms with Crippen molar-refractivity contribution >= 4 is 11.9 Å². The van der Waals surface area contributed by atoms with Gasteiger partial charge in [0.1, 0.15) is 0 Å². The van der Waals surface area contributed by atoms with Crippen LogP contribution in [0.1, 0.15) is 214 Å². The Bertz CT molecular complexity index is 536. The lowest BCUT2D eigenvalue weighted by molar-refractivity contribution is -0.144. The molecule has 0 aromatic carbocycles. The summed E-state index contributed by atoms with van der Waals surface area (Å²) in [5.74, 6) is 1.52. The monoisotopic (exact) mass is 609 g/mol. The van der Waals surface area contributed by atoms with Gasteiger partial charge in [-0.3, -0.25) is 9.59 Å². The van der Waals surface area contributed by atoms with Crippen molar-refractivity contribution in [3.05, 3.63) is 0 Å². The summed E-state index contributed by atoms with van der Waals surface area (Å²) in [6.07, 6.45) is 35.0. The molecule has 0 atom stereocenters. The van der Waals surface area contributed by atoms with E-state index in [4.69, 9.17) is 9.47 Å². The van der Waals surface area contributed by atoms with Gasteiger partial charge < -0.3 is 9.47 Å². The standard InChI is InChI=1S/C39H76O4/c1-36(2)30-24-19-15-11-7-5-9-13-17-21-28-34-42-38(40)32-26-23-27-33-39(41)43-35-29-22-18-14-10-6-8-12-16-20-25-31-37(3)4/h36-37H,5-35H2,1-4H3. The van der Waals surface area contributed by atoms with Crippen LogP contribution in [0.15, 0.2) is 0 Å². The fourth-order valence-electron chi connectivity index (χ4n) is 5.72. The highest BCUT2D eigenvalue weighted by atomic mass is 16.5. The number of rotatable bonds is 34. The molecule has 4 nitrogen and oxygen atoms in total. The maximum absolute atomic E-state index is 11.9. The Morgan fingerprint density at radius 2 is 0.581 bits per heavy atom. The van der Waals surface area contributed by atoms with Crippen molar-refractivity contribution in [2.24, 2.45) is 11.8 Å². The average molecular weight is 609 g/mol. The average Bonchev–Trinajstić information content (AvgIpc) is 2.97. The summed E-state index contributed by atoms with van der Waals surface area (Å²) >= 11 is 0. The van der Waals surface area contributed by atoms with Crippen molar-refractivity contribution in [2.45, 2.75) is 214 Å². The number of carbonyl (C=O) groups is 2. The van der Waals surface area contributed by atoms with Crippen molar-refractivity contribution in [3.8, 4) is 0 Å². The topological polar surface area (TPSA) is 52.6 Å². The lowest BCUT2D eigenvalue weighted by atomic mass is 10.0. The van der Waals surface area contributed by atoms with Crippen molar-refractivity contribution in [2.75, 3.05) is 13.2 Å². The van der Waals surface area contributed by atoms with Gasteiger partial charge in [-0.25, -0.2) is 0 Å². The Labute approximate surface area is 269 Å². The minimum absolute atomic E-state index is 0.0897. The Morgan fingerprint density at radius 3 is 0.860 bits per heavy atom. The second-order valence-corrected chi connectivity index (χ2v) is 14.1. The first-order valence-corrected chi connectivity index (χ1v) is 19.2. The van der Waals surface area contributed by atoms with Gasteiger partial charge >= 0.3 is 11.9 Å². The summed E-state index contributed by atoms with van der Waals surface area (Å²) in [6, 6.07) is 0. The van der Waals surface area contributed by atoms with E-state index in [9.17, 15) is 9.59 Å². The highest BCUT2D eigenvalue weighted by Crippen LogP contribution is 2.15. The summed E-state index contributed by atoms with van der Waals surface area (Å²) in [5, 5.41) is 0. The Kier molecular flexibility index (Phi) is 33.0. The highest BCUT2D eigenvalue weighted by Gasteiger charge is 2.06. The van der Waals surface area contributed by atoms with Gasteiger partial charge in [0.2, 0.25) is 0 Å². The largest absolute Gasteiger partial charge is 0.466 e. The maximum Gasteiger partial charge on any atom is 0.305 e. The van der Waals surface area contributed by atoms with E-state index in [-0.39, 0.29) is 11.9 Å². The first-order valence-electron chi connectivity index (χ1n) is 19.2. The van der Waals surface area contributed by atoms with E-state index in [0.29, 0.717) is 26.1 Å². The van der Waals surface area contributed by atoms with Crippen LogP contribution in [0, 0.1) is 11.8 Å². The SMILES string of the molecule is CC(C)CCCCCCCCCCCCCOC(=O)CCCCCC(=O)OCCCCCCCCCCCCCC(C)C. The molecular weight excluding hydrogens is 532 g/mol. The molecule has 43 heavy (non-hydrogen) atoms. The molecule has 0 aliphatic carbocycles. The Morgan fingerprint density at radius 1 is 0.349 bits per heavy atom. The fourth-order valence-corrected chi connectivity index (χ4v) is 5.72. The third-order valence-corrected chi connectivity index (χ3v) is 8.64. The van der Waals surface area contributed by atoms with E-state index < -0.39 is 0 Å². The van der Waals surface area contributed by atoms with Gasteiger partial charge in [-0.2, -0.15) is 0 Å². The highest BCUT2D eigenvalue weighted by molar-refractivity contribution is 5.69. The normalized spacial score (nSPS) is 11.5. The summed E-state index contributed by atoms with van der Waals surface area (Å²) in [5.41, 5.74) is 0. The molecule has 0 aliphatic heterocycles. The molecule has 0 rings (SSSR count). The van der Waals surface area contributed by atoms with Gasteiger partial charge in [0.05, 0.1) is 13.2 Å². The third kappa shape index (κ3) is 37.0. The smallest absolute Gasteiger partial charge is 0.305 e. The quantitative estimate of drug-likeness (QED) is 0.0538. The van der Waals surface area contributed by atoms with Crippen LogP contribution in [0.4, 0.5) is 0 Å². The van der Waals surface area contributed by atoms with Gasteiger partial charge in [-0.05, 0) is 37.5 Å². The van der Waals surface area contributed by atoms with Crippen LogP contribution in [0.25, 0.3) is 0 Å². The number of unbranched alkanes of at least 4 members (excludes halogenated alkanes) is 22. The first kappa shape index (κ1) is 41.9.